The van der Waals surface area contributed by atoms with Crippen LogP contribution in [0.3, 0.4) is 0 Å². The van der Waals surface area contributed by atoms with E-state index in [0.29, 0.717) is 12.4 Å². The molecular weight excluding hydrogens is 315 g/mol. The Labute approximate surface area is 130 Å². The molecule has 1 aromatic heterocycles. The molecule has 0 radical (unpaired) electrons. The van der Waals surface area contributed by atoms with E-state index in [0.717, 1.165) is 35.8 Å². The van der Waals surface area contributed by atoms with Gasteiger partial charge in [-0.2, -0.15) is 13.2 Å². The molecule has 0 aliphatic heterocycles. The maximum absolute atomic E-state index is 12.5. The summed E-state index contributed by atoms with van der Waals surface area (Å²) in [7, 11) is 1.65. The van der Waals surface area contributed by atoms with Crippen molar-refractivity contribution in [1.29, 1.82) is 0 Å². The van der Waals surface area contributed by atoms with Gasteiger partial charge in [0, 0.05) is 26.0 Å². The van der Waals surface area contributed by atoms with Gasteiger partial charge in [0.25, 0.3) is 0 Å². The summed E-state index contributed by atoms with van der Waals surface area (Å²) in [5.74, 6) is 0.543. The molecule has 0 bridgehead atoms. The van der Waals surface area contributed by atoms with Gasteiger partial charge in [-0.15, -0.1) is 10.2 Å². The molecule has 0 atom stereocenters. The number of aromatic nitrogens is 3. The molecule has 1 heterocycles. The number of halogens is 3. The fourth-order valence-electron chi connectivity index (χ4n) is 1.83. The minimum absolute atomic E-state index is 0.543. The second-order valence-electron chi connectivity index (χ2n) is 4.64. The van der Waals surface area contributed by atoms with Crippen LogP contribution in [0.25, 0.3) is 0 Å². The zero-order valence-corrected chi connectivity index (χ0v) is 12.8. The normalized spacial score (nSPS) is 11.8. The predicted octanol–water partition coefficient (Wildman–Crippen LogP) is 3.63. The lowest BCUT2D eigenvalue weighted by molar-refractivity contribution is -0.137. The Morgan fingerprint density at radius 3 is 2.59 bits per heavy atom. The van der Waals surface area contributed by atoms with Crippen LogP contribution in [0.2, 0.25) is 0 Å². The van der Waals surface area contributed by atoms with Gasteiger partial charge in [0.15, 0.2) is 5.16 Å². The second-order valence-corrected chi connectivity index (χ2v) is 5.58. The number of hydrogen-bond acceptors (Lipinski definition) is 4. The van der Waals surface area contributed by atoms with Crippen LogP contribution in [0.4, 0.5) is 13.2 Å². The monoisotopic (exact) mass is 331 g/mol. The molecule has 0 spiro atoms. The molecular formula is C14H16F3N3OS. The highest BCUT2D eigenvalue weighted by Gasteiger charge is 2.29. The van der Waals surface area contributed by atoms with Gasteiger partial charge in [-0.3, -0.25) is 0 Å². The molecule has 0 aliphatic rings. The maximum Gasteiger partial charge on any atom is 0.416 e. The van der Waals surface area contributed by atoms with Gasteiger partial charge in [0.2, 0.25) is 0 Å². The third-order valence-electron chi connectivity index (χ3n) is 2.98. The van der Waals surface area contributed by atoms with E-state index in [1.54, 1.807) is 13.4 Å². The van der Waals surface area contributed by atoms with Crippen molar-refractivity contribution >= 4 is 11.8 Å². The molecule has 0 amide bonds. The number of benzene rings is 1. The lowest BCUT2D eigenvalue weighted by Gasteiger charge is -2.08. The Bertz CT molecular complexity index is 584. The largest absolute Gasteiger partial charge is 0.416 e. The molecule has 0 aliphatic carbocycles. The first-order valence-electron chi connectivity index (χ1n) is 6.66. The summed E-state index contributed by atoms with van der Waals surface area (Å²) in [4.78, 5) is 0. The SMILES string of the molecule is COCCCn1cnnc1SCc1ccc(C(F)(F)F)cc1. The van der Waals surface area contributed by atoms with Crippen LogP contribution in [0.15, 0.2) is 35.7 Å². The van der Waals surface area contributed by atoms with Gasteiger partial charge < -0.3 is 9.30 Å². The Morgan fingerprint density at radius 1 is 1.23 bits per heavy atom. The third kappa shape index (κ3) is 4.74. The van der Waals surface area contributed by atoms with Crippen molar-refractivity contribution in [3.63, 3.8) is 0 Å². The van der Waals surface area contributed by atoms with Crippen LogP contribution in [-0.4, -0.2) is 28.5 Å². The molecule has 4 nitrogen and oxygen atoms in total. The first-order chi connectivity index (χ1) is 10.5. The molecule has 0 fully saturated rings. The molecule has 0 unspecified atom stereocenters. The van der Waals surface area contributed by atoms with E-state index in [9.17, 15) is 13.2 Å². The number of alkyl halides is 3. The maximum atomic E-state index is 12.5. The van der Waals surface area contributed by atoms with Crippen molar-refractivity contribution in [2.24, 2.45) is 0 Å². The molecule has 22 heavy (non-hydrogen) atoms. The topological polar surface area (TPSA) is 39.9 Å². The highest BCUT2D eigenvalue weighted by molar-refractivity contribution is 7.98. The van der Waals surface area contributed by atoms with Crippen molar-refractivity contribution in [1.82, 2.24) is 14.8 Å². The fraction of sp³-hybridized carbons (Fsp3) is 0.429. The molecule has 0 saturated heterocycles. The summed E-state index contributed by atoms with van der Waals surface area (Å²) in [5.41, 5.74) is 0.174. The number of aryl methyl sites for hydroxylation is 1. The van der Waals surface area contributed by atoms with Gasteiger partial charge in [-0.05, 0) is 24.1 Å². The van der Waals surface area contributed by atoms with E-state index < -0.39 is 11.7 Å². The van der Waals surface area contributed by atoms with E-state index in [4.69, 9.17) is 4.74 Å². The molecule has 2 aromatic rings. The Balaban J connectivity index is 1.92. The summed E-state index contributed by atoms with van der Waals surface area (Å²) >= 11 is 1.45. The summed E-state index contributed by atoms with van der Waals surface area (Å²) < 4.78 is 44.4. The molecule has 0 N–H and O–H groups in total. The molecule has 2 rings (SSSR count). The smallest absolute Gasteiger partial charge is 0.385 e. The average Bonchev–Trinajstić information content (AvgIpc) is 2.92. The summed E-state index contributed by atoms with van der Waals surface area (Å²) in [6.07, 6.45) is -1.81. The molecule has 8 heteroatoms. The van der Waals surface area contributed by atoms with E-state index in [-0.39, 0.29) is 0 Å². The van der Waals surface area contributed by atoms with E-state index >= 15 is 0 Å². The fourth-order valence-corrected chi connectivity index (χ4v) is 2.72. The van der Waals surface area contributed by atoms with E-state index in [1.165, 1.54) is 23.9 Å². The summed E-state index contributed by atoms with van der Waals surface area (Å²) in [5, 5.41) is 8.63. The van der Waals surface area contributed by atoms with E-state index in [2.05, 4.69) is 10.2 Å². The quantitative estimate of drug-likeness (QED) is 0.574. The van der Waals surface area contributed by atoms with Gasteiger partial charge in [-0.25, -0.2) is 0 Å². The van der Waals surface area contributed by atoms with Crippen LogP contribution in [0, 0.1) is 0 Å². The molecule has 1 aromatic carbocycles. The van der Waals surface area contributed by atoms with Gasteiger partial charge in [-0.1, -0.05) is 23.9 Å². The number of ether oxygens (including phenoxy) is 1. The average molecular weight is 331 g/mol. The number of hydrogen-bond donors (Lipinski definition) is 0. The van der Waals surface area contributed by atoms with Crippen LogP contribution in [-0.2, 0) is 23.2 Å². The van der Waals surface area contributed by atoms with Gasteiger partial charge >= 0.3 is 6.18 Å². The Hall–Kier alpha value is -1.54. The zero-order valence-electron chi connectivity index (χ0n) is 12.0. The molecule has 0 saturated carbocycles. The highest BCUT2D eigenvalue weighted by atomic mass is 32.2. The molecule has 120 valence electrons. The van der Waals surface area contributed by atoms with Crippen molar-refractivity contribution < 1.29 is 17.9 Å². The predicted molar refractivity (Wildman–Crippen MR) is 77.5 cm³/mol. The number of methoxy groups -OCH3 is 1. The van der Waals surface area contributed by atoms with Crippen LogP contribution < -0.4 is 0 Å². The van der Waals surface area contributed by atoms with E-state index in [1.807, 2.05) is 4.57 Å². The van der Waals surface area contributed by atoms with Crippen molar-refractivity contribution in [2.75, 3.05) is 13.7 Å². The Morgan fingerprint density at radius 2 is 1.95 bits per heavy atom. The zero-order chi connectivity index (χ0) is 16.0. The number of nitrogens with zero attached hydrogens (tertiary/aromatic N) is 3. The Kier molecular flexibility index (Phi) is 5.84. The van der Waals surface area contributed by atoms with Gasteiger partial charge in [0.05, 0.1) is 5.56 Å². The number of thioether (sulfide) groups is 1. The van der Waals surface area contributed by atoms with Crippen LogP contribution >= 0.6 is 11.8 Å². The lowest BCUT2D eigenvalue weighted by atomic mass is 10.1. The second kappa shape index (κ2) is 7.64. The summed E-state index contributed by atoms with van der Waals surface area (Å²) in [6.45, 7) is 1.40. The van der Waals surface area contributed by atoms with Crippen molar-refractivity contribution in [3.05, 3.63) is 41.7 Å². The van der Waals surface area contributed by atoms with Crippen LogP contribution in [0.1, 0.15) is 17.5 Å². The highest BCUT2D eigenvalue weighted by Crippen LogP contribution is 2.30. The van der Waals surface area contributed by atoms with Crippen LogP contribution in [0.5, 0.6) is 0 Å². The third-order valence-corrected chi connectivity index (χ3v) is 4.03. The first-order valence-corrected chi connectivity index (χ1v) is 7.65. The minimum Gasteiger partial charge on any atom is -0.385 e. The lowest BCUT2D eigenvalue weighted by Crippen LogP contribution is -2.04. The summed E-state index contributed by atoms with van der Waals surface area (Å²) in [6, 6.07) is 5.17. The first kappa shape index (κ1) is 16.8. The van der Waals surface area contributed by atoms with Gasteiger partial charge in [0.1, 0.15) is 6.33 Å². The number of rotatable bonds is 7. The standard InChI is InChI=1S/C14H16F3N3OS/c1-21-8-2-7-20-10-18-19-13(20)22-9-11-3-5-12(6-4-11)14(15,16)17/h3-6,10H,2,7-9H2,1H3. The van der Waals surface area contributed by atoms with Crippen molar-refractivity contribution in [2.45, 2.75) is 30.1 Å². The minimum atomic E-state index is -4.30. The van der Waals surface area contributed by atoms with Crippen molar-refractivity contribution in [3.8, 4) is 0 Å².